The number of carbonyl (C=O) groups is 2. The fraction of sp³-hybridized carbons (Fsp3) is 0.333. The molecule has 1 unspecified atom stereocenters. The number of likely N-dealkylation sites (N-methyl/N-ethyl adjacent to an activating group) is 1. The molecule has 1 heterocycles. The van der Waals surface area contributed by atoms with E-state index in [-0.39, 0.29) is 17.9 Å². The highest BCUT2D eigenvalue weighted by Crippen LogP contribution is 2.39. The predicted octanol–water partition coefficient (Wildman–Crippen LogP) is 3.60. The summed E-state index contributed by atoms with van der Waals surface area (Å²) in [4.78, 5) is 29.1. The highest BCUT2D eigenvalue weighted by atomic mass is 19.1. The zero-order valence-electron chi connectivity index (χ0n) is 18.0. The van der Waals surface area contributed by atoms with Crippen molar-refractivity contribution in [3.05, 3.63) is 71.0 Å². The quantitative estimate of drug-likeness (QED) is 0.397. The molecule has 1 N–H and O–H groups in total. The lowest BCUT2D eigenvalue weighted by Crippen LogP contribution is -2.35. The number of likely N-dealkylation sites (tertiary alicyclic amines) is 1. The third-order valence-corrected chi connectivity index (χ3v) is 5.09. The average molecular weight is 426 g/mol. The summed E-state index contributed by atoms with van der Waals surface area (Å²) in [6.07, 6.45) is 0.831. The molecule has 164 valence electrons. The Balaban J connectivity index is 2.09. The first-order valence-corrected chi connectivity index (χ1v) is 10.2. The normalized spacial score (nSPS) is 18.1. The first-order chi connectivity index (χ1) is 14.8. The van der Waals surface area contributed by atoms with Gasteiger partial charge in [-0.15, -0.1) is 0 Å². The Morgan fingerprint density at radius 1 is 1.16 bits per heavy atom. The van der Waals surface area contributed by atoms with Gasteiger partial charge in [0.15, 0.2) is 0 Å². The summed E-state index contributed by atoms with van der Waals surface area (Å²) in [7, 11) is 3.73. The van der Waals surface area contributed by atoms with Gasteiger partial charge in [-0.25, -0.2) is 4.39 Å². The van der Waals surface area contributed by atoms with Crippen LogP contribution in [0.3, 0.4) is 0 Å². The zero-order chi connectivity index (χ0) is 22.5. The molecule has 6 nitrogen and oxygen atoms in total. The van der Waals surface area contributed by atoms with Crippen molar-refractivity contribution < 1.29 is 23.8 Å². The van der Waals surface area contributed by atoms with Gasteiger partial charge < -0.3 is 19.6 Å². The van der Waals surface area contributed by atoms with Crippen LogP contribution >= 0.6 is 0 Å². The number of ether oxygens (including phenoxy) is 1. The monoisotopic (exact) mass is 426 g/mol. The van der Waals surface area contributed by atoms with Crippen molar-refractivity contribution in [2.24, 2.45) is 0 Å². The van der Waals surface area contributed by atoms with E-state index in [0.717, 1.165) is 6.42 Å². The number of amides is 1. The van der Waals surface area contributed by atoms with Gasteiger partial charge in [-0.3, -0.25) is 9.59 Å². The van der Waals surface area contributed by atoms with Gasteiger partial charge in [0.05, 0.1) is 18.2 Å². The molecule has 0 bridgehead atoms. The average Bonchev–Trinajstić information content (AvgIpc) is 3.01. The van der Waals surface area contributed by atoms with Crippen molar-refractivity contribution in [3.8, 4) is 5.75 Å². The summed E-state index contributed by atoms with van der Waals surface area (Å²) in [5.74, 6) is -1.58. The van der Waals surface area contributed by atoms with Gasteiger partial charge in [-0.2, -0.15) is 0 Å². The molecule has 1 aliphatic rings. The highest BCUT2D eigenvalue weighted by molar-refractivity contribution is 6.46. The number of aliphatic hydroxyl groups is 1. The topological polar surface area (TPSA) is 70.1 Å². The molecule has 7 heteroatoms. The van der Waals surface area contributed by atoms with E-state index in [4.69, 9.17) is 4.74 Å². The van der Waals surface area contributed by atoms with Gasteiger partial charge >= 0.3 is 0 Å². The van der Waals surface area contributed by atoms with E-state index in [9.17, 15) is 19.1 Å². The Morgan fingerprint density at radius 2 is 1.87 bits per heavy atom. The summed E-state index contributed by atoms with van der Waals surface area (Å²) in [6.45, 7) is 3.33. The maximum Gasteiger partial charge on any atom is 0.295 e. The molecule has 1 saturated heterocycles. The van der Waals surface area contributed by atoms with E-state index in [0.29, 0.717) is 30.0 Å². The van der Waals surface area contributed by atoms with Crippen molar-refractivity contribution in [1.82, 2.24) is 9.80 Å². The first-order valence-electron chi connectivity index (χ1n) is 10.2. The SMILES string of the molecule is CCCOc1cccc(C(O)=C2C(=O)C(=O)N(CCN(C)C)C2c2ccc(F)cc2)c1. The summed E-state index contributed by atoms with van der Waals surface area (Å²) in [5.41, 5.74) is 0.925. The second kappa shape index (κ2) is 9.75. The van der Waals surface area contributed by atoms with Gasteiger partial charge in [0, 0.05) is 18.7 Å². The maximum absolute atomic E-state index is 13.5. The van der Waals surface area contributed by atoms with Crippen LogP contribution in [0.15, 0.2) is 54.1 Å². The van der Waals surface area contributed by atoms with E-state index in [1.165, 1.54) is 29.2 Å². The van der Waals surface area contributed by atoms with Crippen molar-refractivity contribution in [2.45, 2.75) is 19.4 Å². The van der Waals surface area contributed by atoms with Crippen LogP contribution in [0.5, 0.6) is 5.75 Å². The number of hydrogen-bond acceptors (Lipinski definition) is 5. The van der Waals surface area contributed by atoms with Crippen LogP contribution < -0.4 is 4.74 Å². The Labute approximate surface area is 181 Å². The van der Waals surface area contributed by atoms with Gasteiger partial charge in [-0.1, -0.05) is 31.2 Å². The third kappa shape index (κ3) is 4.94. The Morgan fingerprint density at radius 3 is 2.52 bits per heavy atom. The van der Waals surface area contributed by atoms with Crippen LogP contribution in [-0.4, -0.2) is 60.4 Å². The van der Waals surface area contributed by atoms with E-state index < -0.39 is 23.5 Å². The zero-order valence-corrected chi connectivity index (χ0v) is 18.0. The third-order valence-electron chi connectivity index (χ3n) is 5.09. The molecule has 3 rings (SSSR count). The van der Waals surface area contributed by atoms with E-state index >= 15 is 0 Å². The van der Waals surface area contributed by atoms with Crippen LogP contribution in [0.25, 0.3) is 5.76 Å². The lowest BCUT2D eigenvalue weighted by Gasteiger charge is -2.26. The minimum absolute atomic E-state index is 0.0111. The molecular weight excluding hydrogens is 399 g/mol. The van der Waals surface area contributed by atoms with Gasteiger partial charge in [0.1, 0.15) is 17.3 Å². The van der Waals surface area contributed by atoms with Crippen molar-refractivity contribution in [1.29, 1.82) is 0 Å². The largest absolute Gasteiger partial charge is 0.507 e. The number of aliphatic hydroxyl groups excluding tert-OH is 1. The number of halogens is 1. The molecule has 0 aromatic heterocycles. The van der Waals surface area contributed by atoms with E-state index in [2.05, 4.69) is 0 Å². The van der Waals surface area contributed by atoms with E-state index in [1.54, 1.807) is 24.3 Å². The summed E-state index contributed by atoms with van der Waals surface area (Å²) in [5, 5.41) is 11.1. The second-order valence-corrected chi connectivity index (χ2v) is 7.72. The molecule has 1 fully saturated rings. The molecule has 0 saturated carbocycles. The minimum atomic E-state index is -0.805. The van der Waals surface area contributed by atoms with E-state index in [1.807, 2.05) is 25.9 Å². The highest BCUT2D eigenvalue weighted by Gasteiger charge is 2.45. The Bertz CT molecular complexity index is 985. The summed E-state index contributed by atoms with van der Waals surface area (Å²) < 4.78 is 19.1. The number of nitrogens with zero attached hydrogens (tertiary/aromatic N) is 2. The van der Waals surface area contributed by atoms with Crippen LogP contribution in [0, 0.1) is 5.82 Å². The Kier molecular flexibility index (Phi) is 7.07. The second-order valence-electron chi connectivity index (χ2n) is 7.72. The summed E-state index contributed by atoms with van der Waals surface area (Å²) in [6, 6.07) is 11.6. The fourth-order valence-electron chi connectivity index (χ4n) is 3.52. The molecule has 1 atom stereocenters. The van der Waals surface area contributed by atoms with Crippen LogP contribution in [0.4, 0.5) is 4.39 Å². The molecule has 1 aliphatic heterocycles. The van der Waals surface area contributed by atoms with Crippen molar-refractivity contribution >= 4 is 17.4 Å². The number of carbonyl (C=O) groups excluding carboxylic acids is 2. The van der Waals surface area contributed by atoms with Gasteiger partial charge in [0.25, 0.3) is 11.7 Å². The summed E-state index contributed by atoms with van der Waals surface area (Å²) >= 11 is 0. The minimum Gasteiger partial charge on any atom is -0.507 e. The number of Topliss-reactive ketones (excluding diaryl/α,β-unsaturated/α-hetero) is 1. The smallest absolute Gasteiger partial charge is 0.295 e. The lowest BCUT2D eigenvalue weighted by molar-refractivity contribution is -0.140. The lowest BCUT2D eigenvalue weighted by atomic mass is 9.95. The molecule has 1 amide bonds. The van der Waals surface area contributed by atoms with Crippen LogP contribution in [0.1, 0.15) is 30.5 Å². The molecule has 31 heavy (non-hydrogen) atoms. The van der Waals surface area contributed by atoms with Gasteiger partial charge in [0.2, 0.25) is 0 Å². The fourth-order valence-corrected chi connectivity index (χ4v) is 3.52. The van der Waals surface area contributed by atoms with Crippen LogP contribution in [-0.2, 0) is 9.59 Å². The molecule has 2 aromatic rings. The molecule has 0 spiro atoms. The molecule has 0 radical (unpaired) electrons. The Hall–Kier alpha value is -3.19. The predicted molar refractivity (Wildman–Crippen MR) is 116 cm³/mol. The maximum atomic E-state index is 13.5. The molecule has 0 aliphatic carbocycles. The number of hydrogen-bond donors (Lipinski definition) is 1. The molecular formula is C24H27FN2O4. The number of benzene rings is 2. The van der Waals surface area contributed by atoms with Crippen LogP contribution in [0.2, 0.25) is 0 Å². The first kappa shape index (κ1) is 22.5. The van der Waals surface area contributed by atoms with Gasteiger partial charge in [-0.05, 0) is 50.3 Å². The van der Waals surface area contributed by atoms with Crippen molar-refractivity contribution in [3.63, 3.8) is 0 Å². The molecule has 2 aromatic carbocycles. The number of ketones is 1. The standard InChI is InChI=1S/C24H27FN2O4/c1-4-14-31-19-7-5-6-17(15-19)22(28)20-21(16-8-10-18(25)11-9-16)27(13-12-26(2)3)24(30)23(20)29/h5-11,15,21,28H,4,12-14H2,1-3H3. The van der Waals surface area contributed by atoms with Crippen molar-refractivity contribution in [2.75, 3.05) is 33.8 Å². The number of rotatable bonds is 8.